The van der Waals surface area contributed by atoms with Gasteiger partial charge in [-0.25, -0.2) is 4.39 Å². The molecule has 0 atom stereocenters. The molecular weight excluding hydrogens is 195 g/mol. The van der Waals surface area contributed by atoms with Crippen molar-refractivity contribution in [2.24, 2.45) is 0 Å². The Kier molecular flexibility index (Phi) is 3.66. The summed E-state index contributed by atoms with van der Waals surface area (Å²) in [6, 6.07) is 4.49. The van der Waals surface area contributed by atoms with E-state index in [1.165, 1.54) is 17.0 Å². The molecule has 4 heteroatoms. The second kappa shape index (κ2) is 4.77. The highest BCUT2D eigenvalue weighted by Gasteiger charge is 2.15. The van der Waals surface area contributed by atoms with Crippen molar-refractivity contribution in [3.63, 3.8) is 0 Å². The van der Waals surface area contributed by atoms with Crippen LogP contribution in [0.5, 0.6) is 0 Å². The van der Waals surface area contributed by atoms with E-state index in [4.69, 9.17) is 0 Å². The Bertz CT molecular complexity index is 364. The molecule has 0 aliphatic heterocycles. The summed E-state index contributed by atoms with van der Waals surface area (Å²) in [5.41, 5.74) is 0.639. The first-order valence-corrected chi connectivity index (χ1v) is 4.82. The molecule has 1 aromatic rings. The number of anilines is 1. The van der Waals surface area contributed by atoms with Crippen molar-refractivity contribution in [1.29, 1.82) is 0 Å². The molecule has 1 aromatic carbocycles. The summed E-state index contributed by atoms with van der Waals surface area (Å²) in [6.45, 7) is 2.44. The van der Waals surface area contributed by atoms with Crippen LogP contribution in [0.3, 0.4) is 0 Å². The zero-order chi connectivity index (χ0) is 11.4. The number of nitrogens with one attached hydrogen (secondary N) is 1. The van der Waals surface area contributed by atoms with Crippen LogP contribution in [0, 0.1) is 5.82 Å². The highest BCUT2D eigenvalue weighted by molar-refractivity contribution is 5.99. The van der Waals surface area contributed by atoms with Gasteiger partial charge in [0.25, 0.3) is 5.91 Å². The van der Waals surface area contributed by atoms with Gasteiger partial charge in [-0.1, -0.05) is 6.07 Å². The minimum Gasteiger partial charge on any atom is -0.382 e. The van der Waals surface area contributed by atoms with Gasteiger partial charge in [-0.05, 0) is 19.1 Å². The van der Waals surface area contributed by atoms with Crippen molar-refractivity contribution in [3.05, 3.63) is 29.6 Å². The largest absolute Gasteiger partial charge is 0.382 e. The maximum absolute atomic E-state index is 13.4. The zero-order valence-electron chi connectivity index (χ0n) is 9.17. The van der Waals surface area contributed by atoms with Crippen molar-refractivity contribution < 1.29 is 9.18 Å². The van der Waals surface area contributed by atoms with Gasteiger partial charge in [0.1, 0.15) is 5.82 Å². The lowest BCUT2D eigenvalue weighted by Gasteiger charge is -2.15. The van der Waals surface area contributed by atoms with Crippen molar-refractivity contribution in [1.82, 2.24) is 4.90 Å². The minimum atomic E-state index is -0.399. The second-order valence-corrected chi connectivity index (χ2v) is 3.39. The number of hydrogen-bond donors (Lipinski definition) is 1. The quantitative estimate of drug-likeness (QED) is 0.827. The standard InChI is InChI=1S/C11H15FN2O/c1-4-13-10-8(11(15)14(2)3)6-5-7-9(10)12/h5-7,13H,4H2,1-3H3. The highest BCUT2D eigenvalue weighted by Crippen LogP contribution is 2.20. The molecule has 0 heterocycles. The van der Waals surface area contributed by atoms with Crippen molar-refractivity contribution in [3.8, 4) is 0 Å². The topological polar surface area (TPSA) is 32.3 Å². The van der Waals surface area contributed by atoms with Gasteiger partial charge in [0.2, 0.25) is 0 Å². The summed E-state index contributed by atoms with van der Waals surface area (Å²) < 4.78 is 13.4. The van der Waals surface area contributed by atoms with Gasteiger partial charge < -0.3 is 10.2 Å². The van der Waals surface area contributed by atoms with Gasteiger partial charge in [-0.3, -0.25) is 4.79 Å². The third-order valence-corrected chi connectivity index (χ3v) is 2.00. The number of halogens is 1. The van der Waals surface area contributed by atoms with E-state index in [-0.39, 0.29) is 11.6 Å². The number of para-hydroxylation sites is 1. The van der Waals surface area contributed by atoms with E-state index in [2.05, 4.69) is 5.32 Å². The van der Waals surface area contributed by atoms with Gasteiger partial charge >= 0.3 is 0 Å². The zero-order valence-corrected chi connectivity index (χ0v) is 9.17. The summed E-state index contributed by atoms with van der Waals surface area (Å²) in [5.74, 6) is -0.602. The Morgan fingerprint density at radius 2 is 2.13 bits per heavy atom. The number of hydrogen-bond acceptors (Lipinski definition) is 2. The molecule has 0 spiro atoms. The molecule has 82 valence electrons. The average Bonchev–Trinajstić information content (AvgIpc) is 2.20. The molecule has 0 bridgehead atoms. The number of carbonyl (C=O) groups excluding carboxylic acids is 1. The van der Waals surface area contributed by atoms with Crippen molar-refractivity contribution in [2.75, 3.05) is 26.0 Å². The van der Waals surface area contributed by atoms with Crippen LogP contribution in [0.15, 0.2) is 18.2 Å². The lowest BCUT2D eigenvalue weighted by molar-refractivity contribution is 0.0828. The van der Waals surface area contributed by atoms with Gasteiger partial charge in [-0.2, -0.15) is 0 Å². The van der Waals surface area contributed by atoms with E-state index in [0.717, 1.165) is 0 Å². The minimum absolute atomic E-state index is 0.203. The summed E-state index contributed by atoms with van der Waals surface area (Å²) in [4.78, 5) is 13.1. The maximum atomic E-state index is 13.4. The number of rotatable bonds is 3. The van der Waals surface area contributed by atoms with E-state index < -0.39 is 5.82 Å². The van der Waals surface area contributed by atoms with Crippen LogP contribution >= 0.6 is 0 Å². The lowest BCUT2D eigenvalue weighted by Crippen LogP contribution is -2.23. The first kappa shape index (κ1) is 11.5. The van der Waals surface area contributed by atoms with Gasteiger partial charge in [-0.15, -0.1) is 0 Å². The van der Waals surface area contributed by atoms with E-state index in [0.29, 0.717) is 12.1 Å². The second-order valence-electron chi connectivity index (χ2n) is 3.39. The first-order chi connectivity index (χ1) is 7.07. The lowest BCUT2D eigenvalue weighted by atomic mass is 10.1. The van der Waals surface area contributed by atoms with Crippen LogP contribution < -0.4 is 5.32 Å². The Morgan fingerprint density at radius 3 is 2.67 bits per heavy atom. The monoisotopic (exact) mass is 210 g/mol. The van der Waals surface area contributed by atoms with Crippen LogP contribution in [-0.2, 0) is 0 Å². The van der Waals surface area contributed by atoms with Crippen LogP contribution in [0.2, 0.25) is 0 Å². The normalized spacial score (nSPS) is 9.87. The van der Waals surface area contributed by atoms with Crippen molar-refractivity contribution >= 4 is 11.6 Å². The molecule has 3 nitrogen and oxygen atoms in total. The molecule has 1 N–H and O–H groups in total. The summed E-state index contributed by atoms with van der Waals surface area (Å²) in [7, 11) is 3.28. The molecule has 0 saturated heterocycles. The maximum Gasteiger partial charge on any atom is 0.255 e. The van der Waals surface area contributed by atoms with Gasteiger partial charge in [0, 0.05) is 20.6 Å². The summed E-state index contributed by atoms with van der Waals surface area (Å²) >= 11 is 0. The van der Waals surface area contributed by atoms with E-state index in [1.807, 2.05) is 6.92 Å². The molecule has 0 aliphatic carbocycles. The van der Waals surface area contributed by atoms with E-state index in [9.17, 15) is 9.18 Å². The first-order valence-electron chi connectivity index (χ1n) is 4.82. The van der Waals surface area contributed by atoms with E-state index >= 15 is 0 Å². The highest BCUT2D eigenvalue weighted by atomic mass is 19.1. The molecule has 0 aliphatic rings. The smallest absolute Gasteiger partial charge is 0.255 e. The number of benzene rings is 1. The van der Waals surface area contributed by atoms with Crippen molar-refractivity contribution in [2.45, 2.75) is 6.92 Å². The average molecular weight is 210 g/mol. The number of amides is 1. The Balaban J connectivity index is 3.16. The Morgan fingerprint density at radius 1 is 1.47 bits per heavy atom. The van der Waals surface area contributed by atoms with Crippen LogP contribution in [0.4, 0.5) is 10.1 Å². The van der Waals surface area contributed by atoms with Crippen LogP contribution in [0.25, 0.3) is 0 Å². The fraction of sp³-hybridized carbons (Fsp3) is 0.364. The fourth-order valence-electron chi connectivity index (χ4n) is 1.30. The number of nitrogens with zero attached hydrogens (tertiary/aromatic N) is 1. The molecule has 1 amide bonds. The molecule has 0 radical (unpaired) electrons. The third-order valence-electron chi connectivity index (χ3n) is 2.00. The SMILES string of the molecule is CCNc1c(F)cccc1C(=O)N(C)C. The predicted octanol–water partition coefficient (Wildman–Crippen LogP) is 1.96. The molecule has 0 aromatic heterocycles. The van der Waals surface area contributed by atoms with Crippen LogP contribution in [0.1, 0.15) is 17.3 Å². The fourth-order valence-corrected chi connectivity index (χ4v) is 1.30. The number of carbonyl (C=O) groups is 1. The van der Waals surface area contributed by atoms with Gasteiger partial charge in [0.15, 0.2) is 0 Å². The molecule has 15 heavy (non-hydrogen) atoms. The summed E-state index contributed by atoms with van der Waals surface area (Å²) in [6.07, 6.45) is 0. The molecule has 0 saturated carbocycles. The Hall–Kier alpha value is -1.58. The Labute approximate surface area is 88.9 Å². The predicted molar refractivity (Wildman–Crippen MR) is 58.6 cm³/mol. The molecule has 0 unspecified atom stereocenters. The third kappa shape index (κ3) is 2.46. The molecule has 0 fully saturated rings. The van der Waals surface area contributed by atoms with Gasteiger partial charge in [0.05, 0.1) is 11.3 Å². The molecular formula is C11H15FN2O. The van der Waals surface area contributed by atoms with E-state index in [1.54, 1.807) is 20.2 Å². The van der Waals surface area contributed by atoms with Crippen LogP contribution in [-0.4, -0.2) is 31.4 Å². The summed E-state index contributed by atoms with van der Waals surface area (Å²) in [5, 5.41) is 2.86. The molecule has 1 rings (SSSR count).